The Kier molecular flexibility index (Phi) is 5.90. The van der Waals surface area contributed by atoms with Gasteiger partial charge in [-0.1, -0.05) is 48.7 Å². The van der Waals surface area contributed by atoms with Crippen LogP contribution in [0, 0.1) is 13.8 Å². The molecule has 0 aliphatic heterocycles. The molecule has 168 valence electrons. The van der Waals surface area contributed by atoms with Crippen LogP contribution in [0.15, 0.2) is 53.2 Å². The number of hydrogen-bond donors (Lipinski definition) is 1. The van der Waals surface area contributed by atoms with Gasteiger partial charge >= 0.3 is 0 Å². The standard InChI is InChI=1S/C27H28N4O2/c1-17-26(18(2)33-31-17)24-13-12-19(16-28-24)14-20-15-25(30-23-11-7-6-10-22(20)23)27(32)29-21-8-4-3-5-9-21/h6-7,10-13,15-16,21H,3-5,8-9,14H2,1-2H3,(H,29,32). The van der Waals surface area contributed by atoms with E-state index in [0.717, 1.165) is 57.6 Å². The van der Waals surface area contributed by atoms with E-state index in [1.54, 1.807) is 0 Å². The molecule has 3 aromatic heterocycles. The molecule has 3 heterocycles. The molecular weight excluding hydrogens is 412 g/mol. The Bertz CT molecular complexity index is 1270. The second kappa shape index (κ2) is 9.14. The lowest BCUT2D eigenvalue weighted by atomic mass is 9.95. The van der Waals surface area contributed by atoms with E-state index in [1.165, 1.54) is 19.3 Å². The van der Waals surface area contributed by atoms with Crippen LogP contribution in [-0.2, 0) is 6.42 Å². The minimum absolute atomic E-state index is 0.0826. The van der Waals surface area contributed by atoms with Crippen LogP contribution >= 0.6 is 0 Å². The van der Waals surface area contributed by atoms with Gasteiger partial charge in [0.15, 0.2) is 0 Å². The molecule has 0 radical (unpaired) electrons. The van der Waals surface area contributed by atoms with Gasteiger partial charge in [-0.15, -0.1) is 0 Å². The molecule has 0 unspecified atom stereocenters. The molecule has 1 fully saturated rings. The summed E-state index contributed by atoms with van der Waals surface area (Å²) in [6.07, 6.45) is 8.27. The molecule has 1 saturated carbocycles. The van der Waals surface area contributed by atoms with E-state index in [9.17, 15) is 4.79 Å². The summed E-state index contributed by atoms with van der Waals surface area (Å²) >= 11 is 0. The van der Waals surface area contributed by atoms with Crippen LogP contribution in [0.2, 0.25) is 0 Å². The van der Waals surface area contributed by atoms with E-state index >= 15 is 0 Å². The Hall–Kier alpha value is -3.54. The SMILES string of the molecule is Cc1noc(C)c1-c1ccc(Cc2cc(C(=O)NC3CCCCC3)nc3ccccc23)cn1. The molecule has 5 rings (SSSR count). The van der Waals surface area contributed by atoms with Crippen LogP contribution < -0.4 is 5.32 Å². The van der Waals surface area contributed by atoms with Gasteiger partial charge < -0.3 is 9.84 Å². The van der Waals surface area contributed by atoms with Crippen molar-refractivity contribution >= 4 is 16.8 Å². The number of nitrogens with zero attached hydrogens (tertiary/aromatic N) is 3. The number of aromatic nitrogens is 3. The molecule has 6 heteroatoms. The average molecular weight is 441 g/mol. The molecule has 1 aliphatic carbocycles. The van der Waals surface area contributed by atoms with Crippen molar-refractivity contribution in [1.82, 2.24) is 20.4 Å². The van der Waals surface area contributed by atoms with Crippen molar-refractivity contribution in [2.24, 2.45) is 0 Å². The number of pyridine rings is 2. The topological polar surface area (TPSA) is 80.9 Å². The van der Waals surface area contributed by atoms with Gasteiger partial charge in [0.05, 0.1) is 22.5 Å². The first-order valence-electron chi connectivity index (χ1n) is 11.7. The maximum absolute atomic E-state index is 13.0. The number of carbonyl (C=O) groups excluding carboxylic acids is 1. The molecule has 0 atom stereocenters. The highest BCUT2D eigenvalue weighted by Gasteiger charge is 2.19. The number of rotatable bonds is 5. The summed E-state index contributed by atoms with van der Waals surface area (Å²) in [4.78, 5) is 22.3. The third-order valence-corrected chi connectivity index (χ3v) is 6.48. The zero-order valence-corrected chi connectivity index (χ0v) is 19.1. The number of para-hydroxylation sites is 1. The summed E-state index contributed by atoms with van der Waals surface area (Å²) in [5, 5.41) is 8.28. The third-order valence-electron chi connectivity index (χ3n) is 6.48. The van der Waals surface area contributed by atoms with E-state index in [0.29, 0.717) is 12.1 Å². The van der Waals surface area contributed by atoms with Gasteiger partial charge in [-0.2, -0.15) is 0 Å². The van der Waals surface area contributed by atoms with Crippen molar-refractivity contribution in [2.45, 2.75) is 58.4 Å². The summed E-state index contributed by atoms with van der Waals surface area (Å²) in [7, 11) is 0. The zero-order valence-electron chi connectivity index (χ0n) is 19.1. The number of nitrogens with one attached hydrogen (secondary N) is 1. The fraction of sp³-hybridized carbons (Fsp3) is 0.333. The van der Waals surface area contributed by atoms with Gasteiger partial charge in [0.2, 0.25) is 0 Å². The van der Waals surface area contributed by atoms with Crippen molar-refractivity contribution in [3.63, 3.8) is 0 Å². The quantitative estimate of drug-likeness (QED) is 0.440. The maximum Gasteiger partial charge on any atom is 0.270 e. The average Bonchev–Trinajstić information content (AvgIpc) is 3.18. The Labute approximate surface area is 193 Å². The summed E-state index contributed by atoms with van der Waals surface area (Å²) in [5.41, 5.74) is 6.08. The van der Waals surface area contributed by atoms with E-state index < -0.39 is 0 Å². The first-order valence-corrected chi connectivity index (χ1v) is 11.7. The minimum atomic E-state index is -0.0826. The molecule has 4 aromatic rings. The molecule has 1 N–H and O–H groups in total. The summed E-state index contributed by atoms with van der Waals surface area (Å²) < 4.78 is 5.28. The van der Waals surface area contributed by atoms with Crippen molar-refractivity contribution in [3.05, 3.63) is 76.9 Å². The molecule has 0 saturated heterocycles. The normalized spacial score (nSPS) is 14.5. The van der Waals surface area contributed by atoms with Crippen molar-refractivity contribution in [2.75, 3.05) is 0 Å². The predicted octanol–water partition coefficient (Wildman–Crippen LogP) is 5.55. The molecule has 33 heavy (non-hydrogen) atoms. The van der Waals surface area contributed by atoms with E-state index in [2.05, 4.69) is 32.6 Å². The third kappa shape index (κ3) is 4.51. The maximum atomic E-state index is 13.0. The zero-order chi connectivity index (χ0) is 22.8. The van der Waals surface area contributed by atoms with Crippen LogP contribution in [0.4, 0.5) is 0 Å². The highest BCUT2D eigenvalue weighted by molar-refractivity contribution is 5.96. The highest BCUT2D eigenvalue weighted by atomic mass is 16.5. The van der Waals surface area contributed by atoms with E-state index in [4.69, 9.17) is 4.52 Å². The van der Waals surface area contributed by atoms with E-state index in [-0.39, 0.29) is 11.9 Å². The van der Waals surface area contributed by atoms with Crippen LogP contribution in [0.5, 0.6) is 0 Å². The molecule has 0 spiro atoms. The second-order valence-electron chi connectivity index (χ2n) is 8.92. The predicted molar refractivity (Wildman–Crippen MR) is 128 cm³/mol. The van der Waals surface area contributed by atoms with Crippen molar-refractivity contribution in [1.29, 1.82) is 0 Å². The first-order chi connectivity index (χ1) is 16.1. The fourth-order valence-corrected chi connectivity index (χ4v) is 4.76. The molecule has 0 bridgehead atoms. The molecule has 1 aromatic carbocycles. The minimum Gasteiger partial charge on any atom is -0.361 e. The second-order valence-corrected chi connectivity index (χ2v) is 8.92. The monoisotopic (exact) mass is 440 g/mol. The van der Waals surface area contributed by atoms with Crippen LogP contribution in [0.3, 0.4) is 0 Å². The first kappa shape index (κ1) is 21.3. The number of benzene rings is 1. The van der Waals surface area contributed by atoms with E-state index in [1.807, 2.05) is 50.4 Å². The van der Waals surface area contributed by atoms with Gasteiger partial charge in [-0.05, 0) is 62.4 Å². The Balaban J connectivity index is 1.43. The fourth-order valence-electron chi connectivity index (χ4n) is 4.76. The van der Waals surface area contributed by atoms with Gasteiger partial charge in [-0.3, -0.25) is 9.78 Å². The Morgan fingerprint density at radius 1 is 1.09 bits per heavy atom. The van der Waals surface area contributed by atoms with Gasteiger partial charge in [0.25, 0.3) is 5.91 Å². The lowest BCUT2D eigenvalue weighted by Crippen LogP contribution is -2.36. The Morgan fingerprint density at radius 3 is 2.64 bits per heavy atom. The van der Waals surface area contributed by atoms with Crippen LogP contribution in [0.1, 0.15) is 65.2 Å². The van der Waals surface area contributed by atoms with Crippen molar-refractivity contribution in [3.8, 4) is 11.3 Å². The van der Waals surface area contributed by atoms with Crippen molar-refractivity contribution < 1.29 is 9.32 Å². The lowest BCUT2D eigenvalue weighted by molar-refractivity contribution is 0.0923. The van der Waals surface area contributed by atoms with Crippen LogP contribution in [-0.4, -0.2) is 27.1 Å². The number of aryl methyl sites for hydroxylation is 2. The molecule has 6 nitrogen and oxygen atoms in total. The van der Waals surface area contributed by atoms with Gasteiger partial charge in [-0.25, -0.2) is 4.98 Å². The molecule has 1 amide bonds. The largest absolute Gasteiger partial charge is 0.361 e. The van der Waals surface area contributed by atoms with Gasteiger partial charge in [0.1, 0.15) is 11.5 Å². The molecular formula is C27H28N4O2. The smallest absolute Gasteiger partial charge is 0.270 e. The number of amides is 1. The van der Waals surface area contributed by atoms with Gasteiger partial charge in [0, 0.05) is 17.6 Å². The van der Waals surface area contributed by atoms with Crippen LogP contribution in [0.25, 0.3) is 22.2 Å². The number of carbonyl (C=O) groups is 1. The summed E-state index contributed by atoms with van der Waals surface area (Å²) in [6.45, 7) is 3.82. The molecule has 1 aliphatic rings. The Morgan fingerprint density at radius 2 is 1.91 bits per heavy atom. The summed E-state index contributed by atoms with van der Waals surface area (Å²) in [5.74, 6) is 0.683. The number of hydrogen-bond acceptors (Lipinski definition) is 5. The lowest BCUT2D eigenvalue weighted by Gasteiger charge is -2.22. The summed E-state index contributed by atoms with van der Waals surface area (Å²) in [6, 6.07) is 14.3. The highest BCUT2D eigenvalue weighted by Crippen LogP contribution is 2.26. The number of fused-ring (bicyclic) bond motifs is 1.